The molecule has 7 heteroatoms. The number of halogens is 2. The highest BCUT2D eigenvalue weighted by Crippen LogP contribution is 2.26. The first-order valence-electron chi connectivity index (χ1n) is 5.16. The number of carbonyl (C=O) groups is 2. The number of nitrogens with zero attached hydrogens (tertiary/aromatic N) is 1. The molecule has 0 unspecified atom stereocenters. The molecular formula is C11H10Br2N2O2S. The molecule has 1 fully saturated rings. The average molecular weight is 394 g/mol. The van der Waals surface area contributed by atoms with Gasteiger partial charge in [0.1, 0.15) is 6.54 Å². The summed E-state index contributed by atoms with van der Waals surface area (Å²) in [6, 6.07) is 5.53. The minimum absolute atomic E-state index is 0.0171. The van der Waals surface area contributed by atoms with E-state index in [0.717, 1.165) is 8.95 Å². The Morgan fingerprint density at radius 1 is 1.44 bits per heavy atom. The van der Waals surface area contributed by atoms with E-state index in [1.165, 1.54) is 11.8 Å². The molecule has 1 aliphatic heterocycles. The maximum Gasteiger partial charge on any atom is 0.244 e. The Hall–Kier alpha value is -0.530. The van der Waals surface area contributed by atoms with Gasteiger partial charge in [0.25, 0.3) is 0 Å². The highest BCUT2D eigenvalue weighted by molar-refractivity contribution is 9.11. The fourth-order valence-electron chi connectivity index (χ4n) is 1.50. The molecule has 1 aliphatic rings. The van der Waals surface area contributed by atoms with Crippen LogP contribution in [0.1, 0.15) is 0 Å². The van der Waals surface area contributed by atoms with E-state index in [1.54, 1.807) is 4.90 Å². The van der Waals surface area contributed by atoms with Crippen molar-refractivity contribution in [2.24, 2.45) is 0 Å². The summed E-state index contributed by atoms with van der Waals surface area (Å²) in [5.41, 5.74) is 0.689. The lowest BCUT2D eigenvalue weighted by Crippen LogP contribution is -2.34. The number of hydrogen-bond donors (Lipinski definition) is 1. The molecule has 0 spiro atoms. The molecule has 18 heavy (non-hydrogen) atoms. The second-order valence-corrected chi connectivity index (χ2v) is 6.47. The minimum Gasteiger partial charge on any atom is -0.323 e. The molecule has 1 N–H and O–H groups in total. The minimum atomic E-state index is -0.190. The molecular weight excluding hydrogens is 384 g/mol. The summed E-state index contributed by atoms with van der Waals surface area (Å²) < 4.78 is 1.69. The van der Waals surface area contributed by atoms with Crippen LogP contribution < -0.4 is 5.32 Å². The summed E-state index contributed by atoms with van der Waals surface area (Å²) in [6.45, 7) is 0.102. The van der Waals surface area contributed by atoms with Gasteiger partial charge in [0.05, 0.1) is 17.3 Å². The van der Waals surface area contributed by atoms with Crippen LogP contribution in [0, 0.1) is 0 Å². The number of benzene rings is 1. The monoisotopic (exact) mass is 392 g/mol. The summed E-state index contributed by atoms with van der Waals surface area (Å²) in [7, 11) is 0. The second-order valence-electron chi connectivity index (χ2n) is 3.74. The Bertz CT molecular complexity index is 496. The van der Waals surface area contributed by atoms with E-state index in [0.29, 0.717) is 17.3 Å². The third kappa shape index (κ3) is 3.49. The highest BCUT2D eigenvalue weighted by Gasteiger charge is 2.23. The van der Waals surface area contributed by atoms with Crippen molar-refractivity contribution in [3.05, 3.63) is 27.1 Å². The van der Waals surface area contributed by atoms with Crippen LogP contribution in [-0.2, 0) is 9.59 Å². The maximum absolute atomic E-state index is 11.8. The molecule has 1 aromatic carbocycles. The molecule has 0 aromatic heterocycles. The molecule has 0 aliphatic carbocycles. The topological polar surface area (TPSA) is 49.4 Å². The molecule has 1 aromatic rings. The Labute approximate surface area is 126 Å². The van der Waals surface area contributed by atoms with E-state index >= 15 is 0 Å². The van der Waals surface area contributed by atoms with Crippen LogP contribution in [0.5, 0.6) is 0 Å². The van der Waals surface area contributed by atoms with Crippen molar-refractivity contribution < 1.29 is 9.59 Å². The number of thioether (sulfide) groups is 1. The predicted octanol–water partition coefficient (Wildman–Crippen LogP) is 2.68. The highest BCUT2D eigenvalue weighted by atomic mass is 79.9. The summed E-state index contributed by atoms with van der Waals surface area (Å²) >= 11 is 8.23. The van der Waals surface area contributed by atoms with E-state index in [2.05, 4.69) is 37.2 Å². The van der Waals surface area contributed by atoms with E-state index in [1.807, 2.05) is 18.2 Å². The van der Waals surface area contributed by atoms with Crippen molar-refractivity contribution in [1.29, 1.82) is 0 Å². The fourth-order valence-corrected chi connectivity index (χ4v) is 3.11. The van der Waals surface area contributed by atoms with Crippen molar-refractivity contribution in [2.75, 3.05) is 23.5 Å². The number of hydrogen-bond acceptors (Lipinski definition) is 3. The molecule has 96 valence electrons. The first-order valence-corrected chi connectivity index (χ1v) is 7.91. The third-order valence-corrected chi connectivity index (χ3v) is 4.49. The molecule has 1 saturated heterocycles. The van der Waals surface area contributed by atoms with Gasteiger partial charge < -0.3 is 10.2 Å². The lowest BCUT2D eigenvalue weighted by atomic mass is 10.3. The van der Waals surface area contributed by atoms with Gasteiger partial charge in [0.2, 0.25) is 11.8 Å². The van der Waals surface area contributed by atoms with Crippen molar-refractivity contribution >= 4 is 61.1 Å². The van der Waals surface area contributed by atoms with Crippen molar-refractivity contribution in [3.63, 3.8) is 0 Å². The van der Waals surface area contributed by atoms with Crippen LogP contribution in [0.3, 0.4) is 0 Å². The van der Waals surface area contributed by atoms with Gasteiger partial charge in [0, 0.05) is 8.95 Å². The van der Waals surface area contributed by atoms with Crippen molar-refractivity contribution in [3.8, 4) is 0 Å². The zero-order valence-corrected chi connectivity index (χ0v) is 13.3. The van der Waals surface area contributed by atoms with Crippen molar-refractivity contribution in [2.45, 2.75) is 0 Å². The molecule has 4 nitrogen and oxygen atoms in total. The van der Waals surface area contributed by atoms with Gasteiger partial charge in [-0.05, 0) is 34.1 Å². The smallest absolute Gasteiger partial charge is 0.244 e. The lowest BCUT2D eigenvalue weighted by Gasteiger charge is -2.14. The Morgan fingerprint density at radius 2 is 2.22 bits per heavy atom. The van der Waals surface area contributed by atoms with E-state index in [4.69, 9.17) is 0 Å². The predicted molar refractivity (Wildman–Crippen MR) is 79.5 cm³/mol. The summed E-state index contributed by atoms with van der Waals surface area (Å²) in [5.74, 6) is 0.882. The number of rotatable bonds is 3. The van der Waals surface area contributed by atoms with Gasteiger partial charge in [-0.25, -0.2) is 0 Å². The molecule has 2 rings (SSSR count). The largest absolute Gasteiger partial charge is 0.323 e. The van der Waals surface area contributed by atoms with Crippen LogP contribution in [-0.4, -0.2) is 34.9 Å². The van der Waals surface area contributed by atoms with E-state index in [9.17, 15) is 9.59 Å². The Kier molecular flexibility index (Phi) is 4.69. The molecule has 0 bridgehead atoms. The van der Waals surface area contributed by atoms with Gasteiger partial charge >= 0.3 is 0 Å². The number of nitrogens with one attached hydrogen (secondary N) is 1. The fraction of sp³-hybridized carbons (Fsp3) is 0.273. The lowest BCUT2D eigenvalue weighted by molar-refractivity contribution is -0.130. The molecule has 2 amide bonds. The third-order valence-electron chi connectivity index (χ3n) is 2.36. The first kappa shape index (κ1) is 13.9. The molecule has 0 saturated carbocycles. The van der Waals surface area contributed by atoms with Crippen LogP contribution in [0.25, 0.3) is 0 Å². The summed E-state index contributed by atoms with van der Waals surface area (Å²) in [5, 5.41) is 2.78. The quantitative estimate of drug-likeness (QED) is 0.858. The normalized spacial score (nSPS) is 15.0. The van der Waals surface area contributed by atoms with Gasteiger partial charge in [0.15, 0.2) is 0 Å². The summed E-state index contributed by atoms with van der Waals surface area (Å²) in [6.07, 6.45) is 0. The summed E-state index contributed by atoms with van der Waals surface area (Å²) in [4.78, 5) is 24.8. The van der Waals surface area contributed by atoms with E-state index in [-0.39, 0.29) is 18.4 Å². The second kappa shape index (κ2) is 6.08. The van der Waals surface area contributed by atoms with Gasteiger partial charge in [-0.15, -0.1) is 11.8 Å². The molecule has 0 radical (unpaired) electrons. The van der Waals surface area contributed by atoms with Crippen LogP contribution in [0.2, 0.25) is 0 Å². The Balaban J connectivity index is 1.98. The zero-order valence-electron chi connectivity index (χ0n) is 9.28. The van der Waals surface area contributed by atoms with Gasteiger partial charge in [-0.2, -0.15) is 0 Å². The van der Waals surface area contributed by atoms with Crippen LogP contribution in [0.15, 0.2) is 27.1 Å². The Morgan fingerprint density at radius 3 is 2.89 bits per heavy atom. The van der Waals surface area contributed by atoms with Crippen LogP contribution >= 0.6 is 43.6 Å². The zero-order chi connectivity index (χ0) is 13.1. The molecule has 0 atom stereocenters. The number of carbonyl (C=O) groups excluding carboxylic acids is 2. The first-order chi connectivity index (χ1) is 8.56. The number of amides is 2. The number of anilines is 1. The van der Waals surface area contributed by atoms with Gasteiger partial charge in [-0.3, -0.25) is 9.59 Å². The van der Waals surface area contributed by atoms with Gasteiger partial charge in [-0.1, -0.05) is 15.9 Å². The van der Waals surface area contributed by atoms with Crippen molar-refractivity contribution in [1.82, 2.24) is 4.90 Å². The standard InChI is InChI=1S/C11H10Br2N2O2S/c12-7-1-2-8(13)9(3-7)14-10(16)4-15-6-18-5-11(15)17/h1-3H,4-6H2,(H,14,16). The van der Waals surface area contributed by atoms with Crippen LogP contribution in [0.4, 0.5) is 5.69 Å². The SMILES string of the molecule is O=C(CN1CSCC1=O)Nc1cc(Br)ccc1Br. The molecule has 1 heterocycles. The van der Waals surface area contributed by atoms with E-state index < -0.39 is 0 Å². The average Bonchev–Trinajstić information content (AvgIpc) is 2.70. The maximum atomic E-state index is 11.8.